The summed E-state index contributed by atoms with van der Waals surface area (Å²) in [5, 5.41) is 3.08. The van der Waals surface area contributed by atoms with Gasteiger partial charge in [-0.3, -0.25) is 9.59 Å². The van der Waals surface area contributed by atoms with Crippen molar-refractivity contribution in [3.63, 3.8) is 0 Å². The minimum Gasteiger partial charge on any atom is -0.405 e. The molecular formula is C24H23FN2O4. The van der Waals surface area contributed by atoms with Crippen LogP contribution >= 0.6 is 0 Å². The zero-order valence-electron chi connectivity index (χ0n) is 17.2. The highest BCUT2D eigenvalue weighted by Crippen LogP contribution is 2.30. The zero-order valence-corrected chi connectivity index (χ0v) is 17.2. The lowest BCUT2D eigenvalue weighted by molar-refractivity contribution is -0.127. The van der Waals surface area contributed by atoms with E-state index in [1.165, 1.54) is 17.0 Å². The Hall–Kier alpha value is -3.48. The van der Waals surface area contributed by atoms with Crippen LogP contribution in [0.2, 0.25) is 0 Å². The van der Waals surface area contributed by atoms with Crippen LogP contribution in [0, 0.1) is 5.82 Å². The molecule has 1 unspecified atom stereocenters. The van der Waals surface area contributed by atoms with Gasteiger partial charge in [0.15, 0.2) is 5.78 Å². The number of amides is 1. The third kappa shape index (κ3) is 4.08. The standard InChI is InChI=1S/C24H23FN2O4/c1-2-18(15-8-4-3-5-9-15)26-23-22(19(28)14-27-13-7-12-20(27)29)16-10-6-11-17(25)21(16)24(30)31-23/h3-6,8-11,18,26H,2,7,12-14H2,1H3. The molecule has 160 valence electrons. The second kappa shape index (κ2) is 8.71. The minimum atomic E-state index is -0.854. The zero-order chi connectivity index (χ0) is 22.0. The van der Waals surface area contributed by atoms with Gasteiger partial charge in [0, 0.05) is 18.4 Å². The Morgan fingerprint density at radius 3 is 2.61 bits per heavy atom. The number of likely N-dealkylation sites (tertiary alicyclic amines) is 1. The predicted molar refractivity (Wildman–Crippen MR) is 116 cm³/mol. The van der Waals surface area contributed by atoms with Crippen LogP contribution in [0.3, 0.4) is 0 Å². The van der Waals surface area contributed by atoms with Gasteiger partial charge in [0.2, 0.25) is 11.8 Å². The molecule has 1 aromatic heterocycles. The molecule has 0 aliphatic carbocycles. The highest BCUT2D eigenvalue weighted by atomic mass is 19.1. The second-order valence-electron chi connectivity index (χ2n) is 7.61. The van der Waals surface area contributed by atoms with Gasteiger partial charge in [-0.15, -0.1) is 0 Å². The van der Waals surface area contributed by atoms with Crippen molar-refractivity contribution in [1.29, 1.82) is 0 Å². The Morgan fingerprint density at radius 1 is 1.16 bits per heavy atom. The fourth-order valence-corrected chi connectivity index (χ4v) is 4.02. The van der Waals surface area contributed by atoms with Crippen LogP contribution in [0.15, 0.2) is 57.7 Å². The van der Waals surface area contributed by atoms with Crippen LogP contribution in [0.1, 0.15) is 48.1 Å². The van der Waals surface area contributed by atoms with Crippen molar-refractivity contribution in [1.82, 2.24) is 4.90 Å². The lowest BCUT2D eigenvalue weighted by atomic mass is 10.0. The third-order valence-electron chi connectivity index (χ3n) is 5.61. The molecule has 1 saturated heterocycles. The molecule has 6 nitrogen and oxygen atoms in total. The Bertz CT molecular complexity index is 1190. The maximum Gasteiger partial charge on any atom is 0.348 e. The average molecular weight is 422 g/mol. The van der Waals surface area contributed by atoms with Crippen LogP contribution in [-0.4, -0.2) is 29.7 Å². The molecule has 31 heavy (non-hydrogen) atoms. The van der Waals surface area contributed by atoms with Gasteiger partial charge in [0.25, 0.3) is 0 Å². The van der Waals surface area contributed by atoms with Crippen molar-refractivity contribution in [2.45, 2.75) is 32.2 Å². The van der Waals surface area contributed by atoms with Gasteiger partial charge in [-0.1, -0.05) is 49.4 Å². The monoisotopic (exact) mass is 422 g/mol. The highest BCUT2D eigenvalue weighted by Gasteiger charge is 2.28. The molecule has 0 saturated carbocycles. The Labute approximate surface area is 178 Å². The number of nitrogens with one attached hydrogen (secondary N) is 1. The Kier molecular flexibility index (Phi) is 5.84. The molecule has 0 spiro atoms. The fraction of sp³-hybridized carbons (Fsp3) is 0.292. The predicted octanol–water partition coefficient (Wildman–Crippen LogP) is 4.30. The summed E-state index contributed by atoms with van der Waals surface area (Å²) in [6.45, 7) is 2.32. The van der Waals surface area contributed by atoms with Gasteiger partial charge < -0.3 is 14.6 Å². The van der Waals surface area contributed by atoms with Crippen molar-refractivity contribution in [2.24, 2.45) is 0 Å². The van der Waals surface area contributed by atoms with Gasteiger partial charge >= 0.3 is 5.63 Å². The molecule has 3 aromatic rings. The van der Waals surface area contributed by atoms with E-state index in [-0.39, 0.29) is 40.7 Å². The molecule has 4 rings (SSSR count). The Morgan fingerprint density at radius 2 is 1.94 bits per heavy atom. The van der Waals surface area contributed by atoms with E-state index < -0.39 is 17.2 Å². The number of Topliss-reactive ketones (excluding diaryl/α,β-unsaturated/α-hetero) is 1. The normalized spacial score (nSPS) is 14.8. The summed E-state index contributed by atoms with van der Waals surface area (Å²) < 4.78 is 19.9. The number of anilines is 1. The van der Waals surface area contributed by atoms with E-state index in [2.05, 4.69) is 5.32 Å². The fourth-order valence-electron chi connectivity index (χ4n) is 4.02. The van der Waals surface area contributed by atoms with Crippen molar-refractivity contribution in [2.75, 3.05) is 18.4 Å². The van der Waals surface area contributed by atoms with E-state index in [1.54, 1.807) is 0 Å². The van der Waals surface area contributed by atoms with Gasteiger partial charge in [0.1, 0.15) is 11.2 Å². The van der Waals surface area contributed by atoms with E-state index in [9.17, 15) is 18.8 Å². The largest absolute Gasteiger partial charge is 0.405 e. The van der Waals surface area contributed by atoms with Crippen molar-refractivity contribution in [3.8, 4) is 0 Å². The number of halogens is 1. The smallest absolute Gasteiger partial charge is 0.348 e. The molecule has 1 amide bonds. The SMILES string of the molecule is CCC(Nc1oc(=O)c2c(F)cccc2c1C(=O)CN1CCCC1=O)c1ccccc1. The molecule has 1 aliphatic rings. The van der Waals surface area contributed by atoms with E-state index in [4.69, 9.17) is 4.42 Å². The molecule has 1 fully saturated rings. The first kappa shape index (κ1) is 20.8. The number of hydrogen-bond acceptors (Lipinski definition) is 5. The summed E-state index contributed by atoms with van der Waals surface area (Å²) in [7, 11) is 0. The Balaban J connectivity index is 1.82. The van der Waals surface area contributed by atoms with E-state index in [1.807, 2.05) is 37.3 Å². The lowest BCUT2D eigenvalue weighted by Crippen LogP contribution is -2.31. The van der Waals surface area contributed by atoms with E-state index in [0.29, 0.717) is 25.8 Å². The summed E-state index contributed by atoms with van der Waals surface area (Å²) in [5.74, 6) is -1.25. The van der Waals surface area contributed by atoms with Crippen LogP contribution in [0.25, 0.3) is 10.8 Å². The summed E-state index contributed by atoms with van der Waals surface area (Å²) in [6, 6.07) is 13.5. The topological polar surface area (TPSA) is 79.6 Å². The molecule has 7 heteroatoms. The van der Waals surface area contributed by atoms with Gasteiger partial charge in [0.05, 0.1) is 18.2 Å². The quantitative estimate of drug-likeness (QED) is 0.575. The number of benzene rings is 2. The molecule has 2 heterocycles. The van der Waals surface area contributed by atoms with Gasteiger partial charge in [-0.05, 0) is 24.5 Å². The molecule has 0 bridgehead atoms. The molecular weight excluding hydrogens is 399 g/mol. The number of fused-ring (bicyclic) bond motifs is 1. The first-order valence-corrected chi connectivity index (χ1v) is 10.4. The van der Waals surface area contributed by atoms with Crippen molar-refractivity contribution >= 4 is 28.3 Å². The number of nitrogens with zero attached hydrogens (tertiary/aromatic N) is 1. The summed E-state index contributed by atoms with van der Waals surface area (Å²) in [4.78, 5) is 39.4. The third-order valence-corrected chi connectivity index (χ3v) is 5.61. The van der Waals surface area contributed by atoms with Crippen LogP contribution < -0.4 is 10.9 Å². The molecule has 1 N–H and O–H groups in total. The minimum absolute atomic E-state index is 0.00421. The molecule has 1 aliphatic heterocycles. The van der Waals surface area contributed by atoms with Crippen LogP contribution in [0.5, 0.6) is 0 Å². The second-order valence-corrected chi connectivity index (χ2v) is 7.61. The number of carbonyl (C=O) groups is 2. The van der Waals surface area contributed by atoms with Crippen molar-refractivity contribution < 1.29 is 18.4 Å². The lowest BCUT2D eigenvalue weighted by Gasteiger charge is -2.21. The van der Waals surface area contributed by atoms with Gasteiger partial charge in [-0.2, -0.15) is 0 Å². The maximum absolute atomic E-state index is 14.4. The van der Waals surface area contributed by atoms with Crippen molar-refractivity contribution in [3.05, 3.63) is 75.9 Å². The van der Waals surface area contributed by atoms with Crippen LogP contribution in [0.4, 0.5) is 10.3 Å². The van der Waals surface area contributed by atoms with E-state index in [0.717, 1.165) is 11.6 Å². The summed E-state index contributed by atoms with van der Waals surface area (Å²) in [5.41, 5.74) is 0.190. The summed E-state index contributed by atoms with van der Waals surface area (Å²) >= 11 is 0. The maximum atomic E-state index is 14.4. The first-order valence-electron chi connectivity index (χ1n) is 10.4. The number of hydrogen-bond donors (Lipinski definition) is 1. The van der Waals surface area contributed by atoms with Crippen LogP contribution in [-0.2, 0) is 4.79 Å². The molecule has 0 radical (unpaired) electrons. The number of rotatable bonds is 7. The van der Waals surface area contributed by atoms with Gasteiger partial charge in [-0.25, -0.2) is 9.18 Å². The average Bonchev–Trinajstić information content (AvgIpc) is 3.16. The number of carbonyl (C=O) groups excluding carboxylic acids is 2. The highest BCUT2D eigenvalue weighted by molar-refractivity contribution is 6.12. The molecule has 2 aromatic carbocycles. The first-order chi connectivity index (χ1) is 15.0. The summed E-state index contributed by atoms with van der Waals surface area (Å²) in [6.07, 6.45) is 1.76. The van der Waals surface area contributed by atoms with E-state index >= 15 is 0 Å². The molecule has 1 atom stereocenters. The number of ketones is 1.